The number of hydrogen-bond acceptors (Lipinski definition) is 7. The van der Waals surface area contributed by atoms with Gasteiger partial charge in [-0.15, -0.1) is 0 Å². The first-order chi connectivity index (χ1) is 24.2. The minimum absolute atomic E-state index is 0.0970. The lowest BCUT2D eigenvalue weighted by Gasteiger charge is -2.24. The van der Waals surface area contributed by atoms with Gasteiger partial charge in [-0.2, -0.15) is 5.10 Å². The topological polar surface area (TPSA) is 125 Å². The average Bonchev–Trinajstić information content (AvgIpc) is 3.89. The normalized spacial score (nSPS) is 17.4. The Labute approximate surface area is 291 Å². The van der Waals surface area contributed by atoms with E-state index in [-0.39, 0.29) is 36.5 Å². The van der Waals surface area contributed by atoms with Gasteiger partial charge in [0.25, 0.3) is 5.91 Å². The molecular formula is C36H33ClF2N8O3. The first-order valence-corrected chi connectivity index (χ1v) is 16.7. The number of nitrogens with one attached hydrogen (secondary N) is 2. The first-order valence-electron chi connectivity index (χ1n) is 16.3. The molecule has 4 heterocycles. The predicted octanol–water partition coefficient (Wildman–Crippen LogP) is 5.49. The Morgan fingerprint density at radius 3 is 2.44 bits per heavy atom. The van der Waals surface area contributed by atoms with Gasteiger partial charge in [0.05, 0.1) is 17.7 Å². The Morgan fingerprint density at radius 2 is 1.70 bits per heavy atom. The van der Waals surface area contributed by atoms with Gasteiger partial charge >= 0.3 is 0 Å². The summed E-state index contributed by atoms with van der Waals surface area (Å²) in [6, 6.07) is 15.4. The maximum Gasteiger partial charge on any atom is 0.272 e. The maximum atomic E-state index is 15.6. The number of likely N-dealkylation sites (tertiary alicyclic amines) is 1. The van der Waals surface area contributed by atoms with Crippen LogP contribution >= 0.6 is 11.6 Å². The molecule has 0 aliphatic carbocycles. The van der Waals surface area contributed by atoms with Gasteiger partial charge in [0.2, 0.25) is 17.8 Å². The highest BCUT2D eigenvalue weighted by atomic mass is 35.5. The van der Waals surface area contributed by atoms with Crippen molar-refractivity contribution >= 4 is 51.9 Å². The van der Waals surface area contributed by atoms with Crippen LogP contribution in [-0.4, -0.2) is 81.3 Å². The van der Waals surface area contributed by atoms with E-state index in [0.29, 0.717) is 27.4 Å². The number of hydrogen-bond donors (Lipinski definition) is 2. The van der Waals surface area contributed by atoms with E-state index in [1.54, 1.807) is 60.9 Å². The quantitative estimate of drug-likeness (QED) is 0.220. The summed E-state index contributed by atoms with van der Waals surface area (Å²) in [7, 11) is 1.48. The summed E-state index contributed by atoms with van der Waals surface area (Å²) in [5.41, 5.74) is 2.60. The van der Waals surface area contributed by atoms with Gasteiger partial charge in [0, 0.05) is 66.1 Å². The number of alkyl halides is 1. The molecular weight excluding hydrogens is 666 g/mol. The Bertz CT molecular complexity index is 2100. The zero-order valence-electron chi connectivity index (χ0n) is 27.1. The van der Waals surface area contributed by atoms with Crippen LogP contribution in [0.4, 0.5) is 20.4 Å². The second kappa shape index (κ2) is 13.8. The summed E-state index contributed by atoms with van der Waals surface area (Å²) in [4.78, 5) is 52.4. The smallest absolute Gasteiger partial charge is 0.272 e. The van der Waals surface area contributed by atoms with Crippen molar-refractivity contribution < 1.29 is 23.2 Å². The Hall–Kier alpha value is -5.43. The molecule has 0 radical (unpaired) electrons. The Morgan fingerprint density at radius 1 is 0.960 bits per heavy atom. The summed E-state index contributed by atoms with van der Waals surface area (Å²) in [6.45, 7) is 1.15. The summed E-state index contributed by atoms with van der Waals surface area (Å²) in [6.07, 6.45) is 3.97. The van der Waals surface area contributed by atoms with Gasteiger partial charge in [-0.1, -0.05) is 48.0 Å². The lowest BCUT2D eigenvalue weighted by molar-refractivity contribution is -0.137. The van der Waals surface area contributed by atoms with E-state index in [9.17, 15) is 18.8 Å². The van der Waals surface area contributed by atoms with Crippen molar-refractivity contribution in [2.24, 2.45) is 0 Å². The molecule has 2 atom stereocenters. The van der Waals surface area contributed by atoms with Gasteiger partial charge in [0.15, 0.2) is 11.5 Å². The van der Waals surface area contributed by atoms with Crippen LogP contribution in [0.1, 0.15) is 29.8 Å². The van der Waals surface area contributed by atoms with Crippen LogP contribution in [0.3, 0.4) is 0 Å². The highest BCUT2D eigenvalue weighted by molar-refractivity contribution is 6.33. The van der Waals surface area contributed by atoms with Gasteiger partial charge in [-0.25, -0.2) is 18.7 Å². The van der Waals surface area contributed by atoms with E-state index >= 15 is 4.39 Å². The number of carbonyl (C=O) groups is 3. The third-order valence-corrected chi connectivity index (χ3v) is 9.46. The molecule has 2 fully saturated rings. The van der Waals surface area contributed by atoms with Crippen LogP contribution in [0, 0.1) is 5.82 Å². The summed E-state index contributed by atoms with van der Waals surface area (Å²) < 4.78 is 31.8. The predicted molar refractivity (Wildman–Crippen MR) is 186 cm³/mol. The van der Waals surface area contributed by atoms with Crippen molar-refractivity contribution in [3.63, 3.8) is 0 Å². The van der Waals surface area contributed by atoms with Crippen molar-refractivity contribution in [3.8, 4) is 22.3 Å². The molecule has 14 heteroatoms. The molecule has 2 saturated heterocycles. The molecule has 3 amide bonds. The van der Waals surface area contributed by atoms with Gasteiger partial charge < -0.3 is 20.4 Å². The first kappa shape index (κ1) is 33.1. The highest BCUT2D eigenvalue weighted by Crippen LogP contribution is 2.33. The van der Waals surface area contributed by atoms with E-state index in [1.807, 2.05) is 6.07 Å². The molecule has 2 aliphatic heterocycles. The number of aromatic nitrogens is 4. The number of benzene rings is 3. The SMILES string of the molecule is CNC(=O)c1nn(CC(=O)N2C[C@H](F)C[C@H]2C(=O)Nc2cccc(-c3ccccc3Cl)c2F)c2ccc(-c3cnc(N4CCCC4)nc3)cc12. The second-order valence-corrected chi connectivity index (χ2v) is 12.7. The monoisotopic (exact) mass is 698 g/mol. The summed E-state index contributed by atoms with van der Waals surface area (Å²) >= 11 is 6.28. The average molecular weight is 699 g/mol. The minimum atomic E-state index is -1.47. The summed E-state index contributed by atoms with van der Waals surface area (Å²) in [5, 5.41) is 10.4. The molecule has 7 rings (SSSR count). The van der Waals surface area contributed by atoms with E-state index in [0.717, 1.165) is 42.0 Å². The van der Waals surface area contributed by atoms with Crippen LogP contribution in [0.5, 0.6) is 0 Å². The maximum absolute atomic E-state index is 15.6. The number of anilines is 2. The highest BCUT2D eigenvalue weighted by Gasteiger charge is 2.40. The molecule has 2 aliphatic rings. The lowest BCUT2D eigenvalue weighted by Crippen LogP contribution is -2.44. The number of fused-ring (bicyclic) bond motifs is 1. The Balaban J connectivity index is 1.12. The van der Waals surface area contributed by atoms with Crippen molar-refractivity contribution in [2.45, 2.75) is 38.0 Å². The zero-order valence-corrected chi connectivity index (χ0v) is 27.8. The van der Waals surface area contributed by atoms with Crippen molar-refractivity contribution in [2.75, 3.05) is 36.9 Å². The molecule has 3 aromatic carbocycles. The van der Waals surface area contributed by atoms with Crippen LogP contribution in [0.15, 0.2) is 73.1 Å². The second-order valence-electron chi connectivity index (χ2n) is 12.3. The number of amides is 3. The Kier molecular flexibility index (Phi) is 9.15. The van der Waals surface area contributed by atoms with E-state index < -0.39 is 35.8 Å². The van der Waals surface area contributed by atoms with E-state index in [4.69, 9.17) is 11.6 Å². The standard InChI is InChI=1S/C36H33ClF2N8O3/c1-40-35(50)33-26-15-21(22-17-41-36(42-18-22)45-13-4-5-14-45)11-12-29(26)47(44-33)20-31(48)46-19-23(38)16-30(46)34(49)43-28-10-6-8-25(32(28)39)24-7-2-3-9-27(24)37/h2-3,6-12,15,17-18,23,30H,4-5,13-14,16,19-20H2,1H3,(H,40,50)(H,43,49)/t23-,30+/m1/s1. The molecule has 2 N–H and O–H groups in total. The van der Waals surface area contributed by atoms with Gasteiger partial charge in [0.1, 0.15) is 18.8 Å². The molecule has 50 heavy (non-hydrogen) atoms. The number of halogens is 3. The van der Waals surface area contributed by atoms with Crippen LogP contribution < -0.4 is 15.5 Å². The van der Waals surface area contributed by atoms with Gasteiger partial charge in [-0.3, -0.25) is 19.1 Å². The van der Waals surface area contributed by atoms with Crippen LogP contribution in [0.25, 0.3) is 33.2 Å². The largest absolute Gasteiger partial charge is 0.354 e. The van der Waals surface area contributed by atoms with Crippen molar-refractivity contribution in [1.82, 2.24) is 30.0 Å². The molecule has 2 aromatic heterocycles. The van der Waals surface area contributed by atoms with Crippen molar-refractivity contribution in [1.29, 1.82) is 0 Å². The molecule has 5 aromatic rings. The van der Waals surface area contributed by atoms with Crippen molar-refractivity contribution in [3.05, 3.63) is 89.6 Å². The summed E-state index contributed by atoms with van der Waals surface area (Å²) in [5.74, 6) is -1.81. The number of nitrogens with zero attached hydrogens (tertiary/aromatic N) is 6. The molecule has 256 valence electrons. The van der Waals surface area contributed by atoms with Gasteiger partial charge in [-0.05, 0) is 42.7 Å². The minimum Gasteiger partial charge on any atom is -0.354 e. The molecule has 0 unspecified atom stereocenters. The lowest BCUT2D eigenvalue weighted by atomic mass is 10.0. The number of carbonyl (C=O) groups excluding carboxylic acids is 3. The third kappa shape index (κ3) is 6.36. The van der Waals surface area contributed by atoms with Crippen LogP contribution in [0.2, 0.25) is 5.02 Å². The zero-order chi connectivity index (χ0) is 34.9. The molecule has 0 bridgehead atoms. The number of rotatable bonds is 8. The fourth-order valence-corrected chi connectivity index (χ4v) is 6.81. The fourth-order valence-electron chi connectivity index (χ4n) is 6.58. The fraction of sp³-hybridized carbons (Fsp3) is 0.278. The third-order valence-electron chi connectivity index (χ3n) is 9.13. The molecule has 11 nitrogen and oxygen atoms in total. The van der Waals surface area contributed by atoms with E-state index in [1.165, 1.54) is 17.8 Å². The molecule has 0 saturated carbocycles. The van der Waals surface area contributed by atoms with E-state index in [2.05, 4.69) is 30.6 Å². The van der Waals surface area contributed by atoms with Crippen LogP contribution in [-0.2, 0) is 16.1 Å². The molecule has 0 spiro atoms.